The van der Waals surface area contributed by atoms with Crippen LogP contribution >= 0.6 is 22.6 Å². The third-order valence-corrected chi connectivity index (χ3v) is 4.94. The lowest BCUT2D eigenvalue weighted by Crippen LogP contribution is -2.24. The maximum atomic E-state index is 2.55. The highest BCUT2D eigenvalue weighted by atomic mass is 127. The average Bonchev–Trinajstić information content (AvgIpc) is 2.44. The van der Waals surface area contributed by atoms with Crippen molar-refractivity contribution in [3.63, 3.8) is 0 Å². The molecule has 0 fully saturated rings. The van der Waals surface area contributed by atoms with Crippen molar-refractivity contribution in [2.24, 2.45) is 5.41 Å². The van der Waals surface area contributed by atoms with E-state index in [9.17, 15) is 0 Å². The van der Waals surface area contributed by atoms with E-state index in [1.54, 1.807) is 0 Å². The molecule has 1 heteroatoms. The molecule has 0 spiro atoms. The average molecular weight is 448 g/mol. The minimum absolute atomic E-state index is 0.172. The van der Waals surface area contributed by atoms with Gasteiger partial charge in [-0.3, -0.25) is 0 Å². The van der Waals surface area contributed by atoms with Gasteiger partial charge in [-0.05, 0) is 45.9 Å². The molecule has 0 bridgehead atoms. The molecule has 136 valence electrons. The summed E-state index contributed by atoms with van der Waals surface area (Å²) in [6.45, 7) is 16.3. The number of alkyl halides is 1. The van der Waals surface area contributed by atoms with Gasteiger partial charge in [0.05, 0.1) is 0 Å². The highest BCUT2D eigenvalue weighted by Crippen LogP contribution is 2.38. The monoisotopic (exact) mass is 448 g/mol. The second-order valence-electron chi connectivity index (χ2n) is 9.75. The van der Waals surface area contributed by atoms with Crippen molar-refractivity contribution in [3.8, 4) is 11.1 Å². The van der Waals surface area contributed by atoms with Crippen LogP contribution in [0.2, 0.25) is 0 Å². The first kappa shape index (κ1) is 20.5. The summed E-state index contributed by atoms with van der Waals surface area (Å²) in [6.07, 6.45) is 2.26. The predicted octanol–water partition coefficient (Wildman–Crippen LogP) is 7.82. The third kappa shape index (κ3) is 6.13. The highest BCUT2D eigenvalue weighted by molar-refractivity contribution is 14.1. The van der Waals surface area contributed by atoms with Gasteiger partial charge in [0.15, 0.2) is 0 Å². The molecule has 0 aromatic heterocycles. The first-order valence-corrected chi connectivity index (χ1v) is 10.3. The minimum atomic E-state index is 0.172. The minimum Gasteiger partial charge on any atom is -0.0791 e. The highest BCUT2D eigenvalue weighted by Gasteiger charge is 2.27. The molecule has 0 unspecified atom stereocenters. The topological polar surface area (TPSA) is 0 Å². The summed E-state index contributed by atoms with van der Waals surface area (Å²) in [5.41, 5.74) is 6.08. The van der Waals surface area contributed by atoms with Crippen LogP contribution in [0.1, 0.15) is 66.0 Å². The molecule has 0 amide bonds. The Labute approximate surface area is 168 Å². The Morgan fingerprint density at radius 1 is 0.800 bits per heavy atom. The van der Waals surface area contributed by atoms with Crippen LogP contribution in [-0.2, 0) is 11.8 Å². The molecule has 0 N–H and O–H groups in total. The van der Waals surface area contributed by atoms with Gasteiger partial charge in [0.25, 0.3) is 0 Å². The SMILES string of the molecule is CC(C)(C)CC(C)(C)c1cccc(-c2ccccc2CC(C)(C)I)c1. The first-order valence-electron chi connectivity index (χ1n) is 9.25. The van der Waals surface area contributed by atoms with Gasteiger partial charge in [0.1, 0.15) is 0 Å². The fourth-order valence-electron chi connectivity index (χ4n) is 3.94. The van der Waals surface area contributed by atoms with Gasteiger partial charge in [-0.1, -0.05) is 120 Å². The van der Waals surface area contributed by atoms with Crippen LogP contribution in [0.3, 0.4) is 0 Å². The molecule has 0 aliphatic heterocycles. The maximum absolute atomic E-state index is 2.55. The zero-order valence-corrected chi connectivity index (χ0v) is 19.1. The van der Waals surface area contributed by atoms with Crippen molar-refractivity contribution in [2.75, 3.05) is 0 Å². The lowest BCUT2D eigenvalue weighted by Gasteiger charge is -2.33. The van der Waals surface area contributed by atoms with E-state index in [2.05, 4.69) is 120 Å². The zero-order chi connectivity index (χ0) is 18.9. The van der Waals surface area contributed by atoms with Gasteiger partial charge < -0.3 is 0 Å². The standard InChI is InChI=1S/C24H33I/c1-22(2,3)17-23(4,5)20-13-10-12-18(15-20)21-14-9-8-11-19(21)16-24(6,7)25/h8-15H,16-17H2,1-7H3. The van der Waals surface area contributed by atoms with Gasteiger partial charge in [0.2, 0.25) is 0 Å². The molecule has 0 saturated carbocycles. The normalized spacial score (nSPS) is 13.1. The molecule has 0 aliphatic rings. The molecule has 0 nitrogen and oxygen atoms in total. The van der Waals surface area contributed by atoms with Gasteiger partial charge in [0, 0.05) is 3.42 Å². The number of halogens is 1. The van der Waals surface area contributed by atoms with Crippen LogP contribution in [0.4, 0.5) is 0 Å². The predicted molar refractivity (Wildman–Crippen MR) is 121 cm³/mol. The Hall–Kier alpha value is -0.830. The fourth-order valence-corrected chi connectivity index (χ4v) is 4.36. The Balaban J connectivity index is 2.43. The van der Waals surface area contributed by atoms with E-state index < -0.39 is 0 Å². The summed E-state index contributed by atoms with van der Waals surface area (Å²) in [4.78, 5) is 0. The largest absolute Gasteiger partial charge is 0.0791 e. The van der Waals surface area contributed by atoms with Crippen LogP contribution in [0.25, 0.3) is 11.1 Å². The third-order valence-electron chi connectivity index (χ3n) is 4.56. The second kappa shape index (κ2) is 7.42. The van der Waals surface area contributed by atoms with Crippen LogP contribution < -0.4 is 0 Å². The summed E-state index contributed by atoms with van der Waals surface area (Å²) < 4.78 is 0.261. The molecule has 0 atom stereocenters. The van der Waals surface area contributed by atoms with Crippen molar-refractivity contribution >= 4 is 22.6 Å². The van der Waals surface area contributed by atoms with E-state index in [0.717, 1.165) is 6.42 Å². The van der Waals surface area contributed by atoms with E-state index in [1.807, 2.05) is 0 Å². The zero-order valence-electron chi connectivity index (χ0n) is 16.9. The van der Waals surface area contributed by atoms with Crippen LogP contribution in [-0.4, -0.2) is 3.42 Å². The smallest absolute Gasteiger partial charge is 0.0206 e. The van der Waals surface area contributed by atoms with Gasteiger partial charge in [-0.25, -0.2) is 0 Å². The quantitative estimate of drug-likeness (QED) is 0.323. The van der Waals surface area contributed by atoms with E-state index in [4.69, 9.17) is 0 Å². The number of hydrogen-bond donors (Lipinski definition) is 0. The van der Waals surface area contributed by atoms with Crippen molar-refractivity contribution < 1.29 is 0 Å². The number of rotatable bonds is 5. The summed E-state index contributed by atoms with van der Waals surface area (Å²) in [5, 5.41) is 0. The lowest BCUT2D eigenvalue weighted by atomic mass is 9.72. The fraction of sp³-hybridized carbons (Fsp3) is 0.500. The number of benzene rings is 2. The molecule has 2 rings (SSSR count). The molecular weight excluding hydrogens is 415 g/mol. The lowest BCUT2D eigenvalue weighted by molar-refractivity contribution is 0.284. The van der Waals surface area contributed by atoms with Crippen LogP contribution in [0.5, 0.6) is 0 Å². The van der Waals surface area contributed by atoms with Gasteiger partial charge in [-0.15, -0.1) is 0 Å². The number of hydrogen-bond acceptors (Lipinski definition) is 0. The summed E-state index contributed by atoms with van der Waals surface area (Å²) >= 11 is 2.55. The maximum Gasteiger partial charge on any atom is 0.0206 e. The van der Waals surface area contributed by atoms with Crippen molar-refractivity contribution in [1.82, 2.24) is 0 Å². The Kier molecular flexibility index (Phi) is 6.08. The Bertz CT molecular complexity index is 711. The van der Waals surface area contributed by atoms with Gasteiger partial charge in [-0.2, -0.15) is 0 Å². The van der Waals surface area contributed by atoms with E-state index in [1.165, 1.54) is 28.7 Å². The second-order valence-corrected chi connectivity index (χ2v) is 12.7. The Morgan fingerprint density at radius 3 is 2.04 bits per heavy atom. The Morgan fingerprint density at radius 2 is 1.44 bits per heavy atom. The van der Waals surface area contributed by atoms with E-state index >= 15 is 0 Å². The molecule has 0 heterocycles. The van der Waals surface area contributed by atoms with Crippen LogP contribution in [0.15, 0.2) is 48.5 Å². The summed E-state index contributed by atoms with van der Waals surface area (Å²) in [6, 6.07) is 18.1. The molecule has 0 radical (unpaired) electrons. The van der Waals surface area contributed by atoms with E-state index in [-0.39, 0.29) is 8.84 Å². The van der Waals surface area contributed by atoms with Gasteiger partial charge >= 0.3 is 0 Å². The summed E-state index contributed by atoms with van der Waals surface area (Å²) in [5.74, 6) is 0. The van der Waals surface area contributed by atoms with E-state index in [0.29, 0.717) is 5.41 Å². The molecule has 25 heavy (non-hydrogen) atoms. The van der Waals surface area contributed by atoms with Crippen molar-refractivity contribution in [3.05, 3.63) is 59.7 Å². The summed E-state index contributed by atoms with van der Waals surface area (Å²) in [7, 11) is 0. The molecule has 2 aromatic carbocycles. The van der Waals surface area contributed by atoms with Crippen molar-refractivity contribution in [1.29, 1.82) is 0 Å². The van der Waals surface area contributed by atoms with Crippen molar-refractivity contribution in [2.45, 2.75) is 70.1 Å². The first-order chi connectivity index (χ1) is 11.4. The molecule has 2 aromatic rings. The van der Waals surface area contributed by atoms with Crippen LogP contribution in [0, 0.1) is 5.41 Å². The molecule has 0 saturated heterocycles. The molecule has 0 aliphatic carbocycles. The molecular formula is C24H33I.